The van der Waals surface area contributed by atoms with E-state index in [0.29, 0.717) is 5.56 Å². The summed E-state index contributed by atoms with van der Waals surface area (Å²) in [5.41, 5.74) is 1.81. The van der Waals surface area contributed by atoms with Gasteiger partial charge in [0.15, 0.2) is 0 Å². The van der Waals surface area contributed by atoms with Crippen molar-refractivity contribution < 1.29 is 0 Å². The highest BCUT2D eigenvalue weighted by Gasteiger charge is 2.06. The number of nitrogens with one attached hydrogen (secondary N) is 1. The van der Waals surface area contributed by atoms with Gasteiger partial charge in [-0.3, -0.25) is 0 Å². The Bertz CT molecular complexity index is 484. The smallest absolute Gasteiger partial charge is 0.130 e. The lowest BCUT2D eigenvalue weighted by molar-refractivity contribution is 0.888. The van der Waals surface area contributed by atoms with Gasteiger partial charge >= 0.3 is 0 Å². The molecule has 0 fully saturated rings. The minimum Gasteiger partial charge on any atom is -0.368 e. The van der Waals surface area contributed by atoms with Crippen LogP contribution >= 0.6 is 11.5 Å². The second-order valence-corrected chi connectivity index (χ2v) is 4.17. The molecule has 1 heterocycles. The fourth-order valence-electron chi connectivity index (χ4n) is 1.37. The van der Waals surface area contributed by atoms with Crippen LogP contribution in [0.1, 0.15) is 24.1 Å². The number of benzene rings is 1. The molecule has 0 amide bonds. The Balaban J connectivity index is 2.09. The van der Waals surface area contributed by atoms with Gasteiger partial charge in [-0.2, -0.15) is 5.26 Å². The maximum Gasteiger partial charge on any atom is 0.130 e. The number of nitriles is 1. The molecule has 0 aliphatic carbocycles. The van der Waals surface area contributed by atoms with Crippen LogP contribution in [0.25, 0.3) is 0 Å². The van der Waals surface area contributed by atoms with E-state index < -0.39 is 0 Å². The molecule has 0 aliphatic rings. The van der Waals surface area contributed by atoms with Crippen molar-refractivity contribution in [2.75, 3.05) is 5.32 Å². The fraction of sp³-hybridized carbons (Fsp3) is 0.182. The lowest BCUT2D eigenvalue weighted by atomic mass is 10.1. The van der Waals surface area contributed by atoms with E-state index in [1.807, 2.05) is 24.3 Å². The minimum absolute atomic E-state index is 0.176. The van der Waals surface area contributed by atoms with Crippen molar-refractivity contribution in [3.8, 4) is 6.07 Å². The quantitative estimate of drug-likeness (QED) is 0.880. The van der Waals surface area contributed by atoms with Gasteiger partial charge in [0.1, 0.15) is 5.00 Å². The molecule has 0 saturated carbocycles. The van der Waals surface area contributed by atoms with Gasteiger partial charge in [-0.15, -0.1) is 5.10 Å². The van der Waals surface area contributed by atoms with Crippen LogP contribution < -0.4 is 5.32 Å². The molecule has 5 heteroatoms. The molecular formula is C11H10N4S. The molecule has 1 aromatic carbocycles. The first kappa shape index (κ1) is 10.6. The van der Waals surface area contributed by atoms with Crippen LogP contribution in [0.2, 0.25) is 0 Å². The molecule has 0 aliphatic heterocycles. The van der Waals surface area contributed by atoms with Crippen LogP contribution in [0.3, 0.4) is 0 Å². The van der Waals surface area contributed by atoms with E-state index in [1.165, 1.54) is 11.5 Å². The lowest BCUT2D eigenvalue weighted by Crippen LogP contribution is -2.05. The molecule has 16 heavy (non-hydrogen) atoms. The van der Waals surface area contributed by atoms with Crippen molar-refractivity contribution in [2.45, 2.75) is 13.0 Å². The molecule has 0 saturated heterocycles. The molecule has 0 spiro atoms. The average molecular weight is 230 g/mol. The molecular weight excluding hydrogens is 220 g/mol. The zero-order chi connectivity index (χ0) is 11.4. The van der Waals surface area contributed by atoms with Gasteiger partial charge in [0, 0.05) is 17.6 Å². The van der Waals surface area contributed by atoms with Crippen LogP contribution in [0, 0.1) is 11.3 Å². The number of nitrogens with zero attached hydrogens (tertiary/aromatic N) is 3. The number of hydrogen-bond acceptors (Lipinski definition) is 5. The van der Waals surface area contributed by atoms with E-state index >= 15 is 0 Å². The predicted molar refractivity (Wildman–Crippen MR) is 63.1 cm³/mol. The number of anilines is 1. The van der Waals surface area contributed by atoms with Crippen LogP contribution in [0.5, 0.6) is 0 Å². The van der Waals surface area contributed by atoms with Gasteiger partial charge in [0.05, 0.1) is 17.8 Å². The van der Waals surface area contributed by atoms with Crippen molar-refractivity contribution in [3.05, 3.63) is 41.6 Å². The van der Waals surface area contributed by atoms with Crippen molar-refractivity contribution in [2.24, 2.45) is 0 Å². The first-order valence-electron chi connectivity index (χ1n) is 4.83. The van der Waals surface area contributed by atoms with Gasteiger partial charge in [-0.25, -0.2) is 0 Å². The van der Waals surface area contributed by atoms with E-state index in [0.717, 1.165) is 10.6 Å². The number of aromatic nitrogens is 2. The van der Waals surface area contributed by atoms with Gasteiger partial charge < -0.3 is 5.32 Å². The highest BCUT2D eigenvalue weighted by atomic mass is 32.1. The first-order valence-corrected chi connectivity index (χ1v) is 5.61. The van der Waals surface area contributed by atoms with E-state index in [9.17, 15) is 0 Å². The van der Waals surface area contributed by atoms with Gasteiger partial charge in [-0.05, 0) is 24.6 Å². The molecule has 2 aromatic rings. The number of hydrogen-bond donors (Lipinski definition) is 1. The third-order valence-corrected chi connectivity index (χ3v) is 2.86. The highest BCUT2D eigenvalue weighted by molar-refractivity contribution is 7.09. The molecule has 1 unspecified atom stereocenters. The predicted octanol–water partition coefficient (Wildman–Crippen LogP) is 2.58. The fourth-order valence-corrected chi connectivity index (χ4v) is 1.88. The summed E-state index contributed by atoms with van der Waals surface area (Å²) in [6, 6.07) is 9.81. The SMILES string of the molecule is CC(Nc1cnns1)c1ccc(C#N)cc1. The summed E-state index contributed by atoms with van der Waals surface area (Å²) in [6.07, 6.45) is 1.70. The Labute approximate surface area is 97.7 Å². The third kappa shape index (κ3) is 2.35. The summed E-state index contributed by atoms with van der Waals surface area (Å²) in [4.78, 5) is 0. The van der Waals surface area contributed by atoms with E-state index in [-0.39, 0.29) is 6.04 Å². The minimum atomic E-state index is 0.176. The Morgan fingerprint density at radius 1 is 1.38 bits per heavy atom. The van der Waals surface area contributed by atoms with Crippen LogP contribution in [0.15, 0.2) is 30.5 Å². The molecule has 80 valence electrons. The Morgan fingerprint density at radius 3 is 2.69 bits per heavy atom. The monoisotopic (exact) mass is 230 g/mol. The molecule has 1 aromatic heterocycles. The van der Waals surface area contributed by atoms with Gasteiger partial charge in [-0.1, -0.05) is 16.6 Å². The average Bonchev–Trinajstić information content (AvgIpc) is 2.82. The van der Waals surface area contributed by atoms with Crippen LogP contribution in [0.4, 0.5) is 5.00 Å². The molecule has 0 bridgehead atoms. The summed E-state index contributed by atoms with van der Waals surface area (Å²) >= 11 is 1.33. The first-order chi connectivity index (χ1) is 7.79. The molecule has 4 nitrogen and oxygen atoms in total. The van der Waals surface area contributed by atoms with Crippen molar-refractivity contribution in [3.63, 3.8) is 0 Å². The summed E-state index contributed by atoms with van der Waals surface area (Å²) in [7, 11) is 0. The van der Waals surface area contributed by atoms with Crippen molar-refractivity contribution >= 4 is 16.5 Å². The summed E-state index contributed by atoms with van der Waals surface area (Å²) in [6.45, 7) is 2.06. The van der Waals surface area contributed by atoms with Crippen LogP contribution in [-0.4, -0.2) is 9.59 Å². The van der Waals surface area contributed by atoms with E-state index in [2.05, 4.69) is 27.9 Å². The normalized spacial score (nSPS) is 11.8. The van der Waals surface area contributed by atoms with E-state index in [1.54, 1.807) is 6.20 Å². The second kappa shape index (κ2) is 4.73. The second-order valence-electron chi connectivity index (χ2n) is 3.38. The zero-order valence-corrected chi connectivity index (χ0v) is 9.53. The Hall–Kier alpha value is -1.93. The summed E-state index contributed by atoms with van der Waals surface area (Å²) in [5.74, 6) is 0. The topological polar surface area (TPSA) is 61.6 Å². The van der Waals surface area contributed by atoms with Gasteiger partial charge in [0.2, 0.25) is 0 Å². The maximum absolute atomic E-state index is 8.69. The Kier molecular flexibility index (Phi) is 3.13. The molecule has 1 atom stereocenters. The largest absolute Gasteiger partial charge is 0.368 e. The van der Waals surface area contributed by atoms with E-state index in [4.69, 9.17) is 5.26 Å². The highest BCUT2D eigenvalue weighted by Crippen LogP contribution is 2.20. The summed E-state index contributed by atoms with van der Waals surface area (Å²) in [5, 5.41) is 16.7. The maximum atomic E-state index is 8.69. The van der Waals surface area contributed by atoms with Crippen LogP contribution in [-0.2, 0) is 0 Å². The standard InChI is InChI=1S/C11H10N4S/c1-8(14-11-7-13-15-16-11)10-4-2-9(6-12)3-5-10/h2-5,7-8,14H,1H3. The molecule has 1 N–H and O–H groups in total. The van der Waals surface area contributed by atoms with Crippen molar-refractivity contribution in [1.29, 1.82) is 5.26 Å². The molecule has 0 radical (unpaired) electrons. The Morgan fingerprint density at radius 2 is 2.12 bits per heavy atom. The van der Waals surface area contributed by atoms with Gasteiger partial charge in [0.25, 0.3) is 0 Å². The third-order valence-electron chi connectivity index (χ3n) is 2.26. The lowest BCUT2D eigenvalue weighted by Gasteiger charge is -2.13. The number of rotatable bonds is 3. The zero-order valence-electron chi connectivity index (χ0n) is 8.71. The summed E-state index contributed by atoms with van der Waals surface area (Å²) < 4.78 is 3.78. The molecule has 2 rings (SSSR count). The van der Waals surface area contributed by atoms with Crippen molar-refractivity contribution in [1.82, 2.24) is 9.59 Å².